The number of benzene rings is 2. The topological polar surface area (TPSA) is 99.0 Å². The zero-order chi connectivity index (χ0) is 27.4. The molecule has 0 unspecified atom stereocenters. The molecule has 0 atom stereocenters. The molecule has 9 heteroatoms. The van der Waals surface area contributed by atoms with E-state index in [1.807, 2.05) is 42.5 Å². The Morgan fingerprint density at radius 3 is 2.67 bits per heavy atom. The van der Waals surface area contributed by atoms with Gasteiger partial charge in [-0.2, -0.15) is 0 Å². The number of nitrogens with one attached hydrogen (secondary N) is 1. The lowest BCUT2D eigenvalue weighted by Crippen LogP contribution is -2.55. The van der Waals surface area contributed by atoms with Gasteiger partial charge in [-0.3, -0.25) is 4.79 Å². The summed E-state index contributed by atoms with van der Waals surface area (Å²) in [7, 11) is 1.59. The van der Waals surface area contributed by atoms with Gasteiger partial charge in [0.2, 0.25) is 5.91 Å². The molecule has 1 saturated heterocycles. The molecule has 0 saturated carbocycles. The molecule has 0 aliphatic carbocycles. The van der Waals surface area contributed by atoms with Crippen LogP contribution in [0.4, 0.5) is 11.5 Å². The van der Waals surface area contributed by atoms with Gasteiger partial charge in [-0.05, 0) is 55.3 Å². The molecule has 2 aromatic carbocycles. The fourth-order valence-electron chi connectivity index (χ4n) is 4.51. The first-order valence-electron chi connectivity index (χ1n) is 13.0. The lowest BCUT2D eigenvalue weighted by Gasteiger charge is -2.38. The molecule has 0 spiro atoms. The largest absolute Gasteiger partial charge is 0.493 e. The van der Waals surface area contributed by atoms with Crippen molar-refractivity contribution in [1.82, 2.24) is 14.9 Å². The van der Waals surface area contributed by atoms with Crippen LogP contribution in [0, 0.1) is 0 Å². The van der Waals surface area contributed by atoms with Crippen LogP contribution >= 0.6 is 0 Å². The normalized spacial score (nSPS) is 13.3. The van der Waals surface area contributed by atoms with Crippen molar-refractivity contribution in [3.05, 3.63) is 67.7 Å². The van der Waals surface area contributed by atoms with Gasteiger partial charge in [0.1, 0.15) is 29.8 Å². The van der Waals surface area contributed by atoms with Crippen molar-refractivity contribution in [1.29, 1.82) is 0 Å². The van der Waals surface area contributed by atoms with Gasteiger partial charge in [0, 0.05) is 17.0 Å². The number of carbonyl (C=O) groups excluding carboxylic acids is 1. The maximum atomic E-state index is 11.8. The van der Waals surface area contributed by atoms with Gasteiger partial charge in [-0.1, -0.05) is 20.4 Å². The number of methoxy groups -OCH3 is 1. The highest BCUT2D eigenvalue weighted by Gasteiger charge is 2.31. The van der Waals surface area contributed by atoms with E-state index in [9.17, 15) is 4.79 Å². The van der Waals surface area contributed by atoms with E-state index >= 15 is 0 Å². The van der Waals surface area contributed by atoms with E-state index in [1.165, 1.54) is 12.4 Å². The number of aromatic nitrogens is 2. The highest BCUT2D eigenvalue weighted by molar-refractivity contribution is 5.94. The predicted octanol–water partition coefficient (Wildman–Crippen LogP) is 5.99. The maximum Gasteiger partial charge on any atom is 0.246 e. The number of hydrogen-bond acceptors (Lipinski definition) is 8. The Morgan fingerprint density at radius 2 is 1.97 bits per heavy atom. The average Bonchev–Trinajstić information content (AvgIpc) is 3.48. The minimum Gasteiger partial charge on any atom is -0.493 e. The van der Waals surface area contributed by atoms with E-state index in [1.54, 1.807) is 18.3 Å². The molecular formula is C30H32N4O5. The van der Waals surface area contributed by atoms with Crippen LogP contribution in [0.5, 0.6) is 17.2 Å². The van der Waals surface area contributed by atoms with Gasteiger partial charge in [-0.25, -0.2) is 9.97 Å². The summed E-state index contributed by atoms with van der Waals surface area (Å²) in [6.07, 6.45) is 6.19. The van der Waals surface area contributed by atoms with Gasteiger partial charge >= 0.3 is 0 Å². The standard InChI is InChI=1S/C30H32N4O5/c1-5-20(6-2)38-26-11-10-19(25-9-8-12-37-25)13-24(26)33-30-22-14-28(27(36-4)15-23(22)31-18-32-30)39-21-16-34(17-21)29(35)7-3/h7-15,18,20-21H,3,5-6,16-17H2,1-2,4H3,(H,31,32,33). The van der Waals surface area contributed by atoms with Crippen molar-refractivity contribution in [2.75, 3.05) is 25.5 Å². The Balaban J connectivity index is 1.49. The Bertz CT molecular complexity index is 1460. The van der Waals surface area contributed by atoms with Gasteiger partial charge in [0.25, 0.3) is 0 Å². The van der Waals surface area contributed by atoms with Crippen LogP contribution in [0.2, 0.25) is 0 Å². The number of ether oxygens (including phenoxy) is 3. The van der Waals surface area contributed by atoms with E-state index in [4.69, 9.17) is 18.6 Å². The summed E-state index contributed by atoms with van der Waals surface area (Å²) in [5.41, 5.74) is 2.36. The van der Waals surface area contributed by atoms with Crippen LogP contribution in [0.1, 0.15) is 26.7 Å². The van der Waals surface area contributed by atoms with Crippen molar-refractivity contribution in [3.8, 4) is 28.6 Å². The Labute approximate surface area is 227 Å². The third-order valence-electron chi connectivity index (χ3n) is 6.79. The molecule has 0 bridgehead atoms. The molecule has 1 fully saturated rings. The molecule has 2 aromatic heterocycles. The highest BCUT2D eigenvalue weighted by Crippen LogP contribution is 2.39. The van der Waals surface area contributed by atoms with Gasteiger partial charge in [0.15, 0.2) is 11.5 Å². The van der Waals surface area contributed by atoms with Crippen molar-refractivity contribution in [2.24, 2.45) is 0 Å². The zero-order valence-electron chi connectivity index (χ0n) is 22.3. The first kappa shape index (κ1) is 26.1. The number of fused-ring (bicyclic) bond motifs is 1. The second-order valence-corrected chi connectivity index (χ2v) is 9.30. The summed E-state index contributed by atoms with van der Waals surface area (Å²) >= 11 is 0. The quantitative estimate of drug-likeness (QED) is 0.237. The lowest BCUT2D eigenvalue weighted by atomic mass is 10.1. The fraction of sp³-hybridized carbons (Fsp3) is 0.300. The number of anilines is 2. The van der Waals surface area contributed by atoms with E-state index in [0.29, 0.717) is 35.9 Å². The Kier molecular flexibility index (Phi) is 7.67. The summed E-state index contributed by atoms with van der Waals surface area (Å²) in [4.78, 5) is 22.5. The third kappa shape index (κ3) is 5.52. The summed E-state index contributed by atoms with van der Waals surface area (Å²) in [5.74, 6) is 3.07. The molecule has 202 valence electrons. The molecule has 1 N–H and O–H groups in total. The highest BCUT2D eigenvalue weighted by atomic mass is 16.5. The first-order chi connectivity index (χ1) is 19.0. The van der Waals surface area contributed by atoms with Crippen molar-refractivity contribution >= 4 is 28.3 Å². The predicted molar refractivity (Wildman–Crippen MR) is 150 cm³/mol. The Hall–Kier alpha value is -4.53. The summed E-state index contributed by atoms with van der Waals surface area (Å²) in [6.45, 7) is 8.73. The van der Waals surface area contributed by atoms with Crippen LogP contribution in [-0.4, -0.2) is 53.2 Å². The van der Waals surface area contributed by atoms with Gasteiger partial charge in [-0.15, -0.1) is 0 Å². The maximum absolute atomic E-state index is 11.8. The van der Waals surface area contributed by atoms with Crippen molar-refractivity contribution < 1.29 is 23.4 Å². The third-order valence-corrected chi connectivity index (χ3v) is 6.79. The van der Waals surface area contributed by atoms with Crippen LogP contribution in [0.25, 0.3) is 22.2 Å². The van der Waals surface area contributed by atoms with Crippen molar-refractivity contribution in [2.45, 2.75) is 38.9 Å². The summed E-state index contributed by atoms with van der Waals surface area (Å²) < 4.78 is 23.8. The monoisotopic (exact) mass is 528 g/mol. The molecule has 1 amide bonds. The first-order valence-corrected chi connectivity index (χ1v) is 13.0. The molecule has 0 radical (unpaired) electrons. The van der Waals surface area contributed by atoms with Crippen LogP contribution in [-0.2, 0) is 4.79 Å². The summed E-state index contributed by atoms with van der Waals surface area (Å²) in [5, 5.41) is 4.22. The average molecular weight is 529 g/mol. The van der Waals surface area contributed by atoms with Gasteiger partial charge in [0.05, 0.1) is 43.8 Å². The molecule has 3 heterocycles. The van der Waals surface area contributed by atoms with Crippen LogP contribution < -0.4 is 19.5 Å². The molecular weight excluding hydrogens is 496 g/mol. The zero-order valence-corrected chi connectivity index (χ0v) is 22.3. The minimum absolute atomic E-state index is 0.0847. The molecule has 1 aliphatic rings. The van der Waals surface area contributed by atoms with E-state index in [0.717, 1.165) is 41.0 Å². The number of amides is 1. The Morgan fingerprint density at radius 1 is 1.15 bits per heavy atom. The SMILES string of the molecule is C=CC(=O)N1CC(Oc2cc3c(Nc4cc(-c5ccco5)ccc4OC(CC)CC)ncnc3cc2OC)C1. The van der Waals surface area contributed by atoms with E-state index in [-0.39, 0.29) is 18.1 Å². The van der Waals surface area contributed by atoms with Crippen LogP contribution in [0.3, 0.4) is 0 Å². The van der Waals surface area contributed by atoms with Crippen molar-refractivity contribution in [3.63, 3.8) is 0 Å². The molecule has 4 aromatic rings. The fourth-order valence-corrected chi connectivity index (χ4v) is 4.51. The lowest BCUT2D eigenvalue weighted by molar-refractivity contribution is -0.134. The number of rotatable bonds is 11. The minimum atomic E-state index is -0.147. The number of likely N-dealkylation sites (tertiary alicyclic amines) is 1. The summed E-state index contributed by atoms with van der Waals surface area (Å²) in [6, 6.07) is 13.4. The number of carbonyl (C=O) groups is 1. The number of hydrogen-bond donors (Lipinski definition) is 1. The van der Waals surface area contributed by atoms with E-state index < -0.39 is 0 Å². The number of furan rings is 1. The smallest absolute Gasteiger partial charge is 0.246 e. The molecule has 5 rings (SSSR count). The second kappa shape index (κ2) is 11.5. The molecule has 9 nitrogen and oxygen atoms in total. The van der Waals surface area contributed by atoms with Gasteiger partial charge < -0.3 is 28.8 Å². The van der Waals surface area contributed by atoms with E-state index in [2.05, 4.69) is 35.7 Å². The molecule has 39 heavy (non-hydrogen) atoms. The number of nitrogens with zero attached hydrogens (tertiary/aromatic N) is 3. The van der Waals surface area contributed by atoms with Crippen LogP contribution in [0.15, 0.2) is 72.1 Å². The molecule has 1 aliphatic heterocycles. The second-order valence-electron chi connectivity index (χ2n) is 9.30.